The summed E-state index contributed by atoms with van der Waals surface area (Å²) < 4.78 is 10.5. The van der Waals surface area contributed by atoms with Crippen molar-refractivity contribution in [2.45, 2.75) is 52.1 Å². The van der Waals surface area contributed by atoms with E-state index < -0.39 is 5.60 Å². The predicted molar refractivity (Wildman–Crippen MR) is 82.9 cm³/mol. The summed E-state index contributed by atoms with van der Waals surface area (Å²) in [7, 11) is 2.98. The summed E-state index contributed by atoms with van der Waals surface area (Å²) in [5.74, 6) is -0.0370. The van der Waals surface area contributed by atoms with E-state index in [4.69, 9.17) is 9.47 Å². The van der Waals surface area contributed by atoms with Crippen molar-refractivity contribution >= 4 is 5.97 Å². The highest BCUT2D eigenvalue weighted by Gasteiger charge is 2.54. The molecule has 0 aliphatic heterocycles. The monoisotopic (exact) mass is 298 g/mol. The molecule has 0 bridgehead atoms. The molecule has 21 heavy (non-hydrogen) atoms. The van der Waals surface area contributed by atoms with Crippen LogP contribution in [-0.2, 0) is 14.3 Å². The summed E-state index contributed by atoms with van der Waals surface area (Å²) in [5.41, 5.74) is 0.544. The van der Waals surface area contributed by atoms with Crippen LogP contribution in [0, 0.1) is 17.8 Å². The van der Waals surface area contributed by atoms with Gasteiger partial charge in [0.05, 0.1) is 19.6 Å². The van der Waals surface area contributed by atoms with Crippen molar-refractivity contribution in [3.05, 3.63) is 11.6 Å². The maximum absolute atomic E-state index is 12.2. The molecular weight excluding hydrogens is 268 g/mol. The Balaban J connectivity index is 2.85. The maximum atomic E-state index is 12.2. The van der Waals surface area contributed by atoms with Gasteiger partial charge in [0, 0.05) is 7.11 Å². The molecule has 1 fully saturated rings. The van der Waals surface area contributed by atoms with Gasteiger partial charge in [-0.3, -0.25) is 4.79 Å². The van der Waals surface area contributed by atoms with E-state index in [-0.39, 0.29) is 24.4 Å². The second kappa shape index (κ2) is 7.95. The van der Waals surface area contributed by atoms with Gasteiger partial charge in [-0.05, 0) is 51.4 Å². The summed E-state index contributed by atoms with van der Waals surface area (Å²) in [6.45, 7) is 6.24. The van der Waals surface area contributed by atoms with Gasteiger partial charge in [-0.2, -0.15) is 0 Å². The van der Waals surface area contributed by atoms with Crippen molar-refractivity contribution in [3.8, 4) is 0 Å². The van der Waals surface area contributed by atoms with E-state index in [0.717, 1.165) is 19.3 Å². The Bertz CT molecular complexity index is 367. The number of ether oxygens (including phenoxy) is 2. The zero-order valence-electron chi connectivity index (χ0n) is 14.0. The third kappa shape index (κ3) is 4.07. The molecule has 0 aromatic carbocycles. The molecule has 1 unspecified atom stereocenters. The lowest BCUT2D eigenvalue weighted by molar-refractivity contribution is -0.163. The van der Waals surface area contributed by atoms with Crippen LogP contribution in [0.3, 0.4) is 0 Å². The van der Waals surface area contributed by atoms with E-state index in [2.05, 4.69) is 26.8 Å². The molecule has 4 atom stereocenters. The van der Waals surface area contributed by atoms with Crippen LogP contribution in [0.25, 0.3) is 0 Å². The second-order valence-corrected chi connectivity index (χ2v) is 6.47. The van der Waals surface area contributed by atoms with Crippen molar-refractivity contribution < 1.29 is 19.4 Å². The quantitative estimate of drug-likeness (QED) is 0.580. The number of rotatable bonds is 7. The number of esters is 1. The second-order valence-electron chi connectivity index (χ2n) is 6.47. The summed E-state index contributed by atoms with van der Waals surface area (Å²) in [6, 6.07) is 0. The standard InChI is InChI=1S/C17H30O4/c1-12(2)7-6-8-13(3)14-9-10-17(11-18,21-5)15(14)16(19)20-4/h7,13-15,18H,6,8-11H2,1-5H3/t13-,14-,15+,17?/m1/s1. The predicted octanol–water partition coefficient (Wildman–Crippen LogP) is 2.95. The third-order valence-electron chi connectivity index (χ3n) is 4.93. The van der Waals surface area contributed by atoms with Crippen LogP contribution >= 0.6 is 0 Å². The number of carbonyl (C=O) groups excluding carboxylic acids is 1. The maximum Gasteiger partial charge on any atom is 0.311 e. The molecule has 1 aliphatic carbocycles. The average molecular weight is 298 g/mol. The van der Waals surface area contributed by atoms with Crippen molar-refractivity contribution in [1.82, 2.24) is 0 Å². The van der Waals surface area contributed by atoms with Crippen molar-refractivity contribution in [3.63, 3.8) is 0 Å². The molecule has 0 aromatic rings. The van der Waals surface area contributed by atoms with Crippen LogP contribution in [0.15, 0.2) is 11.6 Å². The van der Waals surface area contributed by atoms with Crippen LogP contribution in [0.5, 0.6) is 0 Å². The van der Waals surface area contributed by atoms with Crippen LogP contribution < -0.4 is 0 Å². The minimum Gasteiger partial charge on any atom is -0.469 e. The first-order valence-corrected chi connectivity index (χ1v) is 7.79. The zero-order valence-corrected chi connectivity index (χ0v) is 14.0. The number of hydrogen-bond donors (Lipinski definition) is 1. The van der Waals surface area contributed by atoms with Crippen molar-refractivity contribution in [2.75, 3.05) is 20.8 Å². The molecule has 0 aromatic heterocycles. The Morgan fingerprint density at radius 3 is 2.57 bits per heavy atom. The van der Waals surface area contributed by atoms with Crippen LogP contribution in [-0.4, -0.2) is 37.5 Å². The molecule has 1 rings (SSSR count). The number of methoxy groups -OCH3 is 2. The Labute approximate surface area is 128 Å². The van der Waals surface area contributed by atoms with Gasteiger partial charge in [0.1, 0.15) is 5.60 Å². The van der Waals surface area contributed by atoms with Crippen molar-refractivity contribution in [2.24, 2.45) is 17.8 Å². The molecule has 0 saturated heterocycles. The first-order valence-electron chi connectivity index (χ1n) is 7.79. The van der Waals surface area contributed by atoms with E-state index in [1.807, 2.05) is 0 Å². The highest BCUT2D eigenvalue weighted by molar-refractivity contribution is 5.74. The third-order valence-corrected chi connectivity index (χ3v) is 4.93. The molecule has 4 nitrogen and oxygen atoms in total. The lowest BCUT2D eigenvalue weighted by atomic mass is 9.78. The normalized spacial score (nSPS) is 30.0. The number of carbonyl (C=O) groups is 1. The minimum atomic E-state index is -0.775. The van der Waals surface area contributed by atoms with Gasteiger partial charge in [0.2, 0.25) is 0 Å². The van der Waals surface area contributed by atoms with Gasteiger partial charge in [0.15, 0.2) is 0 Å². The van der Waals surface area contributed by atoms with Crippen LogP contribution in [0.1, 0.15) is 46.5 Å². The van der Waals surface area contributed by atoms with Gasteiger partial charge in [0.25, 0.3) is 0 Å². The van der Waals surface area contributed by atoms with E-state index in [1.165, 1.54) is 12.7 Å². The molecule has 0 radical (unpaired) electrons. The highest BCUT2D eigenvalue weighted by atomic mass is 16.5. The Morgan fingerprint density at radius 2 is 2.10 bits per heavy atom. The van der Waals surface area contributed by atoms with Gasteiger partial charge in [-0.1, -0.05) is 18.6 Å². The zero-order chi connectivity index (χ0) is 16.0. The molecule has 0 spiro atoms. The van der Waals surface area contributed by atoms with Gasteiger partial charge < -0.3 is 14.6 Å². The molecule has 0 heterocycles. The lowest BCUT2D eigenvalue weighted by Gasteiger charge is -2.34. The first-order chi connectivity index (χ1) is 9.91. The lowest BCUT2D eigenvalue weighted by Crippen LogP contribution is -2.46. The molecule has 1 saturated carbocycles. The van der Waals surface area contributed by atoms with Crippen molar-refractivity contribution in [1.29, 1.82) is 0 Å². The summed E-state index contributed by atoms with van der Waals surface area (Å²) in [5, 5.41) is 9.74. The number of aliphatic hydroxyl groups is 1. The van der Waals surface area contributed by atoms with E-state index in [9.17, 15) is 9.90 Å². The van der Waals surface area contributed by atoms with Crippen LogP contribution in [0.2, 0.25) is 0 Å². The molecule has 4 heteroatoms. The SMILES string of the molecule is COC(=O)[C@@H]1[C@@H]([C@H](C)CCC=C(C)C)CCC1(CO)OC. The highest BCUT2D eigenvalue weighted by Crippen LogP contribution is 2.47. The molecule has 1 N–H and O–H groups in total. The minimum absolute atomic E-state index is 0.138. The fraction of sp³-hybridized carbons (Fsp3) is 0.824. The summed E-state index contributed by atoms with van der Waals surface area (Å²) in [4.78, 5) is 12.2. The molecular formula is C17H30O4. The fourth-order valence-electron chi connectivity index (χ4n) is 3.57. The van der Waals surface area contributed by atoms with Crippen LogP contribution in [0.4, 0.5) is 0 Å². The Morgan fingerprint density at radius 1 is 1.43 bits per heavy atom. The Hall–Kier alpha value is -0.870. The van der Waals surface area contributed by atoms with E-state index >= 15 is 0 Å². The van der Waals surface area contributed by atoms with Gasteiger partial charge in [-0.25, -0.2) is 0 Å². The summed E-state index contributed by atoms with van der Waals surface area (Å²) in [6.07, 6.45) is 5.89. The summed E-state index contributed by atoms with van der Waals surface area (Å²) >= 11 is 0. The Kier molecular flexibility index (Phi) is 6.88. The number of hydrogen-bond acceptors (Lipinski definition) is 4. The first kappa shape index (κ1) is 18.2. The molecule has 0 amide bonds. The molecule has 122 valence electrons. The van der Waals surface area contributed by atoms with E-state index in [0.29, 0.717) is 12.3 Å². The van der Waals surface area contributed by atoms with Gasteiger partial charge in [-0.15, -0.1) is 0 Å². The molecule has 1 aliphatic rings. The number of aliphatic hydroxyl groups excluding tert-OH is 1. The average Bonchev–Trinajstić information content (AvgIpc) is 2.86. The van der Waals surface area contributed by atoms with E-state index in [1.54, 1.807) is 7.11 Å². The smallest absolute Gasteiger partial charge is 0.311 e. The fourth-order valence-corrected chi connectivity index (χ4v) is 3.57. The topological polar surface area (TPSA) is 55.8 Å². The number of allylic oxidation sites excluding steroid dienone is 2. The largest absolute Gasteiger partial charge is 0.469 e. The van der Waals surface area contributed by atoms with Gasteiger partial charge >= 0.3 is 5.97 Å².